The lowest BCUT2D eigenvalue weighted by atomic mass is 9.90. The van der Waals surface area contributed by atoms with Crippen LogP contribution in [-0.4, -0.2) is 30.3 Å². The van der Waals surface area contributed by atoms with Gasteiger partial charge in [0.15, 0.2) is 0 Å². The van der Waals surface area contributed by atoms with Crippen LogP contribution in [0.2, 0.25) is 0 Å². The molecule has 1 aromatic rings. The molecule has 0 radical (unpaired) electrons. The predicted molar refractivity (Wildman–Crippen MR) is 84.6 cm³/mol. The molecule has 0 bridgehead atoms. The minimum atomic E-state index is 0.469. The van der Waals surface area contributed by atoms with Gasteiger partial charge in [-0.25, -0.2) is 0 Å². The molecule has 0 aliphatic carbocycles. The summed E-state index contributed by atoms with van der Waals surface area (Å²) in [5.41, 5.74) is 7.38. The SMILES string of the molecule is CSc1ccc(C(C)N2CCC(C)CC2CN)cc1. The number of nitrogens with two attached hydrogens (primary N) is 1. The molecule has 3 unspecified atom stereocenters. The summed E-state index contributed by atoms with van der Waals surface area (Å²) in [5.74, 6) is 0.816. The van der Waals surface area contributed by atoms with Crippen LogP contribution in [0.5, 0.6) is 0 Å². The molecule has 3 atom stereocenters. The Morgan fingerprint density at radius 3 is 2.63 bits per heavy atom. The molecule has 0 spiro atoms. The van der Waals surface area contributed by atoms with E-state index in [1.165, 1.54) is 29.8 Å². The summed E-state index contributed by atoms with van der Waals surface area (Å²) in [4.78, 5) is 3.92. The maximum Gasteiger partial charge on any atom is 0.0323 e. The van der Waals surface area contributed by atoms with E-state index in [0.717, 1.165) is 12.5 Å². The van der Waals surface area contributed by atoms with Crippen LogP contribution in [0.1, 0.15) is 38.3 Å². The fourth-order valence-corrected chi connectivity index (χ4v) is 3.49. The maximum absolute atomic E-state index is 5.97. The normalized spacial score (nSPS) is 26.3. The molecule has 0 amide bonds. The van der Waals surface area contributed by atoms with E-state index in [2.05, 4.69) is 49.3 Å². The third kappa shape index (κ3) is 3.53. The minimum Gasteiger partial charge on any atom is -0.329 e. The first-order valence-electron chi connectivity index (χ1n) is 7.25. The number of nitrogens with zero attached hydrogens (tertiary/aromatic N) is 1. The Hall–Kier alpha value is -0.510. The number of benzene rings is 1. The Morgan fingerprint density at radius 1 is 1.37 bits per heavy atom. The molecule has 2 nitrogen and oxygen atoms in total. The summed E-state index contributed by atoms with van der Waals surface area (Å²) in [6.45, 7) is 6.61. The maximum atomic E-state index is 5.97. The van der Waals surface area contributed by atoms with Gasteiger partial charge in [0.1, 0.15) is 0 Å². The second-order valence-corrected chi connectivity index (χ2v) is 6.59. The first kappa shape index (κ1) is 14.9. The fourth-order valence-electron chi connectivity index (χ4n) is 3.09. The molecule has 3 heteroatoms. The highest BCUT2D eigenvalue weighted by atomic mass is 32.2. The number of piperidine rings is 1. The smallest absolute Gasteiger partial charge is 0.0323 e. The molecule has 1 saturated heterocycles. The number of likely N-dealkylation sites (tertiary alicyclic amines) is 1. The van der Waals surface area contributed by atoms with Crippen LogP contribution in [-0.2, 0) is 0 Å². The van der Waals surface area contributed by atoms with Crippen molar-refractivity contribution in [3.8, 4) is 0 Å². The van der Waals surface area contributed by atoms with Crippen LogP contribution >= 0.6 is 11.8 Å². The van der Waals surface area contributed by atoms with E-state index in [0.29, 0.717) is 12.1 Å². The molecule has 1 aliphatic rings. The average Bonchev–Trinajstić information content (AvgIpc) is 2.46. The Morgan fingerprint density at radius 2 is 2.05 bits per heavy atom. The number of rotatable bonds is 4. The van der Waals surface area contributed by atoms with Gasteiger partial charge >= 0.3 is 0 Å². The molecule has 106 valence electrons. The van der Waals surface area contributed by atoms with Crippen LogP contribution in [0, 0.1) is 5.92 Å². The van der Waals surface area contributed by atoms with Crippen molar-refractivity contribution in [3.05, 3.63) is 29.8 Å². The highest BCUT2D eigenvalue weighted by Crippen LogP contribution is 2.31. The molecule has 1 aromatic carbocycles. The van der Waals surface area contributed by atoms with Crippen molar-refractivity contribution >= 4 is 11.8 Å². The third-order valence-corrected chi connectivity index (χ3v) is 5.13. The van der Waals surface area contributed by atoms with Gasteiger partial charge in [-0.05, 0) is 56.2 Å². The summed E-state index contributed by atoms with van der Waals surface area (Å²) in [7, 11) is 0. The van der Waals surface area contributed by atoms with Crippen LogP contribution in [0.4, 0.5) is 0 Å². The van der Waals surface area contributed by atoms with Crippen LogP contribution in [0.25, 0.3) is 0 Å². The molecule has 19 heavy (non-hydrogen) atoms. The quantitative estimate of drug-likeness (QED) is 0.854. The first-order chi connectivity index (χ1) is 9.15. The van der Waals surface area contributed by atoms with Gasteiger partial charge < -0.3 is 5.73 Å². The molecule has 1 heterocycles. The molecule has 2 N–H and O–H groups in total. The lowest BCUT2D eigenvalue weighted by Gasteiger charge is -2.42. The van der Waals surface area contributed by atoms with Gasteiger partial charge in [-0.3, -0.25) is 4.90 Å². The van der Waals surface area contributed by atoms with E-state index in [9.17, 15) is 0 Å². The van der Waals surface area contributed by atoms with Crippen molar-refractivity contribution < 1.29 is 0 Å². The number of hydrogen-bond acceptors (Lipinski definition) is 3. The molecule has 2 rings (SSSR count). The molecule has 1 fully saturated rings. The second-order valence-electron chi connectivity index (χ2n) is 5.71. The molecular weight excluding hydrogens is 252 g/mol. The predicted octanol–water partition coefficient (Wildman–Crippen LogP) is 3.53. The van der Waals surface area contributed by atoms with E-state index in [-0.39, 0.29) is 0 Å². The van der Waals surface area contributed by atoms with E-state index < -0.39 is 0 Å². The summed E-state index contributed by atoms with van der Waals surface area (Å²) >= 11 is 1.80. The molecule has 1 aliphatic heterocycles. The highest BCUT2D eigenvalue weighted by Gasteiger charge is 2.29. The molecule has 0 aromatic heterocycles. The van der Waals surface area contributed by atoms with E-state index >= 15 is 0 Å². The summed E-state index contributed by atoms with van der Waals surface area (Å²) in [6.07, 6.45) is 4.66. The van der Waals surface area contributed by atoms with Gasteiger partial charge in [0, 0.05) is 23.5 Å². The standard InChI is InChI=1S/C16H26N2S/c1-12-8-9-18(15(10-12)11-17)13(2)14-4-6-16(19-3)7-5-14/h4-7,12-13,15H,8-11,17H2,1-3H3. The second kappa shape index (κ2) is 6.78. The number of hydrogen-bond donors (Lipinski definition) is 1. The van der Waals surface area contributed by atoms with Gasteiger partial charge in [-0.1, -0.05) is 19.1 Å². The van der Waals surface area contributed by atoms with Crippen LogP contribution < -0.4 is 5.73 Å². The van der Waals surface area contributed by atoms with Crippen molar-refractivity contribution in [1.82, 2.24) is 4.90 Å². The first-order valence-corrected chi connectivity index (χ1v) is 8.48. The van der Waals surface area contributed by atoms with Gasteiger partial charge in [0.25, 0.3) is 0 Å². The van der Waals surface area contributed by atoms with Gasteiger partial charge in [0.2, 0.25) is 0 Å². The van der Waals surface area contributed by atoms with Crippen molar-refractivity contribution in [2.24, 2.45) is 11.7 Å². The average molecular weight is 278 g/mol. The van der Waals surface area contributed by atoms with E-state index in [4.69, 9.17) is 5.73 Å². The zero-order chi connectivity index (χ0) is 13.8. The Balaban J connectivity index is 2.10. The van der Waals surface area contributed by atoms with Crippen molar-refractivity contribution in [3.63, 3.8) is 0 Å². The third-order valence-electron chi connectivity index (χ3n) is 4.39. The number of thioether (sulfide) groups is 1. The van der Waals surface area contributed by atoms with Gasteiger partial charge in [0.05, 0.1) is 0 Å². The van der Waals surface area contributed by atoms with Crippen molar-refractivity contribution in [1.29, 1.82) is 0 Å². The van der Waals surface area contributed by atoms with E-state index in [1.54, 1.807) is 11.8 Å². The lowest BCUT2D eigenvalue weighted by molar-refractivity contribution is 0.0834. The molecule has 0 saturated carbocycles. The summed E-state index contributed by atoms with van der Waals surface area (Å²) in [5, 5.41) is 0. The largest absolute Gasteiger partial charge is 0.329 e. The minimum absolute atomic E-state index is 0.469. The van der Waals surface area contributed by atoms with Crippen molar-refractivity contribution in [2.75, 3.05) is 19.3 Å². The van der Waals surface area contributed by atoms with Crippen LogP contribution in [0.3, 0.4) is 0 Å². The lowest BCUT2D eigenvalue weighted by Crippen LogP contribution is -2.47. The highest BCUT2D eigenvalue weighted by molar-refractivity contribution is 7.98. The molecular formula is C16H26N2S. The monoisotopic (exact) mass is 278 g/mol. The Bertz CT molecular complexity index is 390. The zero-order valence-electron chi connectivity index (χ0n) is 12.3. The Kier molecular flexibility index (Phi) is 5.31. The summed E-state index contributed by atoms with van der Waals surface area (Å²) < 4.78 is 0. The Labute approximate surface area is 121 Å². The van der Waals surface area contributed by atoms with Gasteiger partial charge in [-0.2, -0.15) is 0 Å². The van der Waals surface area contributed by atoms with Crippen LogP contribution in [0.15, 0.2) is 29.2 Å². The van der Waals surface area contributed by atoms with Gasteiger partial charge in [-0.15, -0.1) is 11.8 Å². The topological polar surface area (TPSA) is 29.3 Å². The van der Waals surface area contributed by atoms with Crippen molar-refractivity contribution in [2.45, 2.75) is 43.7 Å². The zero-order valence-corrected chi connectivity index (χ0v) is 13.1. The van der Waals surface area contributed by atoms with E-state index in [1.807, 2.05) is 0 Å². The fraction of sp³-hybridized carbons (Fsp3) is 0.625. The summed E-state index contributed by atoms with van der Waals surface area (Å²) in [6, 6.07) is 9.99.